The molecule has 1 rings (SSSR count). The summed E-state index contributed by atoms with van der Waals surface area (Å²) in [4.78, 5) is 2.72. The van der Waals surface area contributed by atoms with Crippen LogP contribution < -0.4 is 15.5 Å². The van der Waals surface area contributed by atoms with E-state index in [0.717, 1.165) is 13.1 Å². The van der Waals surface area contributed by atoms with Gasteiger partial charge in [0.2, 0.25) is 0 Å². The van der Waals surface area contributed by atoms with Crippen LogP contribution in [-0.2, 0) is 0 Å². The molecule has 0 amide bonds. The summed E-state index contributed by atoms with van der Waals surface area (Å²) in [6, 6.07) is 0. The van der Waals surface area contributed by atoms with E-state index < -0.39 is 0 Å². The molecule has 1 fully saturated rings. The van der Waals surface area contributed by atoms with Crippen LogP contribution in [0.1, 0.15) is 19.3 Å². The van der Waals surface area contributed by atoms with Gasteiger partial charge in [-0.25, -0.2) is 0 Å². The van der Waals surface area contributed by atoms with E-state index in [1.807, 2.05) is 7.05 Å². The van der Waals surface area contributed by atoms with Gasteiger partial charge in [-0.2, -0.15) is 0 Å². The number of quaternary nitrogens is 3. The monoisotopic (exact) mass is 248 g/mol. The highest BCUT2D eigenvalue weighted by Crippen LogP contribution is 1.94. The second-order valence-corrected chi connectivity index (χ2v) is 5.48. The fourth-order valence-electron chi connectivity index (χ4n) is 2.65. The van der Waals surface area contributed by atoms with Crippen LogP contribution in [0, 0.1) is 0 Å². The smallest absolute Gasteiger partial charge is 0.152 e. The quantitative estimate of drug-likeness (QED) is 0.315. The average molecular weight is 248 g/mol. The van der Waals surface area contributed by atoms with E-state index in [4.69, 9.17) is 0 Å². The van der Waals surface area contributed by atoms with Crippen molar-refractivity contribution in [3.05, 3.63) is 0 Å². The summed E-state index contributed by atoms with van der Waals surface area (Å²) >= 11 is 0. The molecular formula is C12H30N3O2+3. The normalized spacial score (nSPS) is 23.3. The Morgan fingerprint density at radius 2 is 1.71 bits per heavy atom. The minimum Gasteiger partial charge on any atom is -0.382 e. The summed E-state index contributed by atoms with van der Waals surface area (Å²) in [5.74, 6) is 0. The van der Waals surface area contributed by atoms with Crippen molar-refractivity contribution in [1.82, 2.24) is 0 Å². The number of hydrogen-bond acceptors (Lipinski definition) is 2. The maximum atomic E-state index is 10.0. The van der Waals surface area contributed by atoms with Gasteiger partial charge >= 0.3 is 0 Å². The van der Waals surface area contributed by atoms with Gasteiger partial charge in [0.15, 0.2) is 12.2 Å². The summed E-state index contributed by atoms with van der Waals surface area (Å²) < 4.78 is 0. The molecule has 1 aliphatic rings. The Kier molecular flexibility index (Phi) is 6.99. The molecule has 0 aliphatic carbocycles. The third-order valence-electron chi connectivity index (χ3n) is 3.59. The summed E-state index contributed by atoms with van der Waals surface area (Å²) in [6.07, 6.45) is 3.35. The van der Waals surface area contributed by atoms with E-state index in [1.165, 1.54) is 42.2 Å². The van der Waals surface area contributed by atoms with E-state index in [1.54, 1.807) is 0 Å². The molecule has 3 atom stereocenters. The molecule has 102 valence electrons. The third-order valence-corrected chi connectivity index (χ3v) is 3.59. The Balaban J connectivity index is 2.16. The second-order valence-electron chi connectivity index (χ2n) is 5.48. The highest BCUT2D eigenvalue weighted by Gasteiger charge is 2.21. The molecule has 0 aromatic carbocycles. The number of aliphatic hydroxyl groups is 2. The van der Waals surface area contributed by atoms with Crippen LogP contribution in [0.3, 0.4) is 0 Å². The van der Waals surface area contributed by atoms with Crippen LogP contribution in [-0.4, -0.2) is 68.7 Å². The predicted molar refractivity (Wildman–Crippen MR) is 65.8 cm³/mol. The first-order valence-corrected chi connectivity index (χ1v) is 6.92. The fraction of sp³-hybridized carbons (Fsp3) is 1.00. The molecule has 7 N–H and O–H groups in total. The van der Waals surface area contributed by atoms with Gasteiger partial charge in [-0.3, -0.25) is 0 Å². The topological polar surface area (TPSA) is 77.0 Å². The van der Waals surface area contributed by atoms with Crippen LogP contribution in [0.15, 0.2) is 0 Å². The molecule has 1 aliphatic heterocycles. The summed E-state index contributed by atoms with van der Waals surface area (Å²) in [6.45, 7) is 5.22. The maximum absolute atomic E-state index is 10.0. The van der Waals surface area contributed by atoms with Crippen LogP contribution >= 0.6 is 0 Å². The van der Waals surface area contributed by atoms with Gasteiger partial charge in [-0.15, -0.1) is 0 Å². The lowest BCUT2D eigenvalue weighted by Gasteiger charge is -2.26. The lowest BCUT2D eigenvalue weighted by molar-refractivity contribution is -0.921. The molecular weight excluding hydrogens is 218 g/mol. The zero-order valence-electron chi connectivity index (χ0n) is 11.1. The van der Waals surface area contributed by atoms with Gasteiger partial charge in [0, 0.05) is 0 Å². The zero-order valence-corrected chi connectivity index (χ0v) is 11.1. The van der Waals surface area contributed by atoms with Crippen molar-refractivity contribution in [2.24, 2.45) is 0 Å². The predicted octanol–water partition coefficient (Wildman–Crippen LogP) is -4.47. The molecule has 0 spiro atoms. The van der Waals surface area contributed by atoms with Crippen molar-refractivity contribution < 1.29 is 25.7 Å². The first kappa shape index (κ1) is 14.9. The van der Waals surface area contributed by atoms with E-state index >= 15 is 0 Å². The standard InChI is InChI=1S/C12H27N3O2/c1-14(8-11(16)7-13)9-12(17)10-15-5-3-2-4-6-15/h11-12,16-17H,2-10,13H2,1H3/p+3/t11-,12+/m0/s1. The maximum Gasteiger partial charge on any atom is 0.152 e. The molecule has 0 bridgehead atoms. The number of nitrogens with one attached hydrogen (secondary N) is 2. The molecule has 1 unspecified atom stereocenters. The van der Waals surface area contributed by atoms with Gasteiger partial charge in [0.05, 0.1) is 20.1 Å². The number of likely N-dealkylation sites (N-methyl/N-ethyl adjacent to an activating group) is 1. The summed E-state index contributed by atoms with van der Waals surface area (Å²) in [7, 11) is 2.02. The Bertz CT molecular complexity index is 198. The molecule has 1 heterocycles. The Morgan fingerprint density at radius 3 is 2.29 bits per heavy atom. The molecule has 0 aromatic heterocycles. The molecule has 0 radical (unpaired) electrons. The van der Waals surface area contributed by atoms with E-state index in [0.29, 0.717) is 13.1 Å². The van der Waals surface area contributed by atoms with E-state index in [-0.39, 0.29) is 12.2 Å². The van der Waals surface area contributed by atoms with Crippen molar-refractivity contribution in [1.29, 1.82) is 0 Å². The van der Waals surface area contributed by atoms with Crippen molar-refractivity contribution in [2.75, 3.05) is 46.3 Å². The van der Waals surface area contributed by atoms with Crippen molar-refractivity contribution >= 4 is 0 Å². The third kappa shape index (κ3) is 6.33. The van der Waals surface area contributed by atoms with Gasteiger partial charge < -0.3 is 25.7 Å². The van der Waals surface area contributed by atoms with Gasteiger partial charge in [-0.05, 0) is 19.3 Å². The van der Waals surface area contributed by atoms with Crippen LogP contribution in [0.4, 0.5) is 0 Å². The van der Waals surface area contributed by atoms with Crippen molar-refractivity contribution in [2.45, 2.75) is 31.5 Å². The van der Waals surface area contributed by atoms with Gasteiger partial charge in [-0.1, -0.05) is 0 Å². The second kappa shape index (κ2) is 8.00. The number of aliphatic hydroxyl groups excluding tert-OH is 2. The average Bonchev–Trinajstić information content (AvgIpc) is 2.29. The SMILES string of the molecule is C[NH+](C[C@@H](O)C[NH+]1CCCCC1)C[C@@H](O)C[NH3+]. The first-order valence-electron chi connectivity index (χ1n) is 6.92. The Hall–Kier alpha value is -0.200. The molecule has 5 nitrogen and oxygen atoms in total. The summed E-state index contributed by atoms with van der Waals surface area (Å²) in [5.41, 5.74) is 3.68. The molecule has 17 heavy (non-hydrogen) atoms. The highest BCUT2D eigenvalue weighted by molar-refractivity contribution is 4.53. The molecule has 1 saturated heterocycles. The fourth-order valence-corrected chi connectivity index (χ4v) is 2.65. The largest absolute Gasteiger partial charge is 0.382 e. The minimum atomic E-state index is -0.343. The lowest BCUT2D eigenvalue weighted by Crippen LogP contribution is -3.16. The van der Waals surface area contributed by atoms with Crippen LogP contribution in [0.2, 0.25) is 0 Å². The number of likely N-dealkylation sites (tertiary alicyclic amines) is 1. The van der Waals surface area contributed by atoms with Crippen molar-refractivity contribution in [3.63, 3.8) is 0 Å². The van der Waals surface area contributed by atoms with Crippen molar-refractivity contribution in [3.8, 4) is 0 Å². The first-order chi connectivity index (χ1) is 8.11. The minimum absolute atomic E-state index is 0.250. The van der Waals surface area contributed by atoms with E-state index in [2.05, 4.69) is 5.73 Å². The zero-order chi connectivity index (χ0) is 12.7. The number of rotatable bonds is 7. The highest BCUT2D eigenvalue weighted by atomic mass is 16.3. The molecule has 0 saturated carbocycles. The number of piperidine rings is 1. The molecule has 5 heteroatoms. The number of hydrogen-bond donors (Lipinski definition) is 5. The Morgan fingerprint density at radius 1 is 1.12 bits per heavy atom. The van der Waals surface area contributed by atoms with Gasteiger partial charge in [0.1, 0.15) is 26.2 Å². The molecule has 0 aromatic rings. The summed E-state index contributed by atoms with van der Waals surface area (Å²) in [5, 5.41) is 19.5. The van der Waals surface area contributed by atoms with Gasteiger partial charge in [0.25, 0.3) is 0 Å². The Labute approximate surface area is 104 Å². The van der Waals surface area contributed by atoms with E-state index in [9.17, 15) is 10.2 Å². The van der Waals surface area contributed by atoms with Crippen LogP contribution in [0.5, 0.6) is 0 Å². The van der Waals surface area contributed by atoms with Crippen LogP contribution in [0.25, 0.3) is 0 Å². The lowest BCUT2D eigenvalue weighted by atomic mass is 10.1.